The van der Waals surface area contributed by atoms with Crippen LogP contribution in [0.15, 0.2) is 12.7 Å². The molecule has 1 aromatic heterocycles. The zero-order valence-corrected chi connectivity index (χ0v) is 15.6. The van der Waals surface area contributed by atoms with Gasteiger partial charge in [-0.15, -0.1) is 0 Å². The van der Waals surface area contributed by atoms with Gasteiger partial charge >= 0.3 is 6.03 Å². The third kappa shape index (κ3) is 3.38. The van der Waals surface area contributed by atoms with Crippen molar-refractivity contribution in [1.82, 2.24) is 25.0 Å². The minimum atomic E-state index is 0.0725. The molecule has 2 amide bonds. The standard InChI is InChI=1S/C18H31N5O2/c1-4-18(5-2)15(11-16(18)25-6-3)21-17(24)22-9-7-14(8-10-22)23-13-19-12-20-23/h12-16H,4-11H2,1-3H3,(H,21,24)/t15-,16-/m1/s1. The van der Waals surface area contributed by atoms with E-state index >= 15 is 0 Å². The van der Waals surface area contributed by atoms with Crippen LogP contribution in [0.5, 0.6) is 0 Å². The number of piperidine rings is 1. The summed E-state index contributed by atoms with van der Waals surface area (Å²) < 4.78 is 7.82. The van der Waals surface area contributed by atoms with Crippen molar-refractivity contribution in [3.8, 4) is 0 Å². The molecular weight excluding hydrogens is 318 g/mol. The number of nitrogens with one attached hydrogen (secondary N) is 1. The molecule has 0 spiro atoms. The summed E-state index contributed by atoms with van der Waals surface area (Å²) in [6.07, 6.45) is 8.46. The highest BCUT2D eigenvalue weighted by Gasteiger charge is 2.54. The Labute approximate surface area is 150 Å². The molecule has 3 rings (SSSR count). The van der Waals surface area contributed by atoms with E-state index in [1.807, 2.05) is 16.5 Å². The maximum atomic E-state index is 12.7. The summed E-state index contributed by atoms with van der Waals surface area (Å²) >= 11 is 0. The zero-order valence-electron chi connectivity index (χ0n) is 15.6. The number of aromatic nitrogens is 3. The van der Waals surface area contributed by atoms with Gasteiger partial charge in [0.15, 0.2) is 0 Å². The SMILES string of the molecule is CCO[C@@H]1C[C@@H](NC(=O)N2CCC(n3cncn3)CC2)C1(CC)CC. The molecule has 1 aliphatic carbocycles. The van der Waals surface area contributed by atoms with Crippen LogP contribution in [0.2, 0.25) is 0 Å². The molecule has 0 bridgehead atoms. The van der Waals surface area contributed by atoms with Gasteiger partial charge in [-0.3, -0.25) is 0 Å². The van der Waals surface area contributed by atoms with Crippen LogP contribution in [0.3, 0.4) is 0 Å². The predicted molar refractivity (Wildman–Crippen MR) is 95.2 cm³/mol. The number of likely N-dealkylation sites (tertiary alicyclic amines) is 1. The van der Waals surface area contributed by atoms with Crippen molar-refractivity contribution in [3.05, 3.63) is 12.7 Å². The van der Waals surface area contributed by atoms with Gasteiger partial charge in [0.25, 0.3) is 0 Å². The molecule has 25 heavy (non-hydrogen) atoms. The molecule has 0 unspecified atom stereocenters. The molecule has 7 heteroatoms. The number of ether oxygens (including phenoxy) is 1. The quantitative estimate of drug-likeness (QED) is 0.857. The lowest BCUT2D eigenvalue weighted by atomic mass is 9.58. The Bertz CT molecular complexity index is 550. The molecule has 2 fully saturated rings. The van der Waals surface area contributed by atoms with Crippen LogP contribution in [-0.4, -0.2) is 57.5 Å². The van der Waals surface area contributed by atoms with Gasteiger partial charge in [-0.25, -0.2) is 14.5 Å². The minimum Gasteiger partial charge on any atom is -0.378 e. The average Bonchev–Trinajstić information content (AvgIpc) is 3.16. The number of amides is 2. The lowest BCUT2D eigenvalue weighted by Gasteiger charge is -2.55. The van der Waals surface area contributed by atoms with Crippen LogP contribution in [-0.2, 0) is 4.74 Å². The Morgan fingerprint density at radius 1 is 1.28 bits per heavy atom. The fourth-order valence-corrected chi connectivity index (χ4v) is 4.56. The van der Waals surface area contributed by atoms with Gasteiger partial charge in [-0.2, -0.15) is 5.10 Å². The second kappa shape index (κ2) is 7.72. The summed E-state index contributed by atoms with van der Waals surface area (Å²) in [6.45, 7) is 8.73. The van der Waals surface area contributed by atoms with E-state index in [9.17, 15) is 4.79 Å². The normalized spacial score (nSPS) is 26.3. The summed E-state index contributed by atoms with van der Waals surface area (Å²) in [6, 6.07) is 0.644. The Hall–Kier alpha value is -1.63. The fraction of sp³-hybridized carbons (Fsp3) is 0.833. The fourth-order valence-electron chi connectivity index (χ4n) is 4.56. The monoisotopic (exact) mass is 349 g/mol. The maximum Gasteiger partial charge on any atom is 0.317 e. The Kier molecular flexibility index (Phi) is 5.61. The first-order chi connectivity index (χ1) is 12.1. The molecular formula is C18H31N5O2. The summed E-state index contributed by atoms with van der Waals surface area (Å²) in [7, 11) is 0. The van der Waals surface area contributed by atoms with Crippen LogP contribution in [0.1, 0.15) is 58.9 Å². The Morgan fingerprint density at radius 2 is 2.00 bits per heavy atom. The molecule has 2 atom stereocenters. The summed E-state index contributed by atoms with van der Waals surface area (Å²) in [5.74, 6) is 0. The summed E-state index contributed by atoms with van der Waals surface area (Å²) in [5.41, 5.74) is 0.0880. The smallest absolute Gasteiger partial charge is 0.317 e. The molecule has 0 aromatic carbocycles. The first-order valence-corrected chi connectivity index (χ1v) is 9.65. The Balaban J connectivity index is 1.53. The number of rotatable bonds is 6. The van der Waals surface area contributed by atoms with E-state index in [1.165, 1.54) is 0 Å². The van der Waals surface area contributed by atoms with E-state index in [4.69, 9.17) is 4.74 Å². The molecule has 1 aromatic rings. The number of hydrogen-bond donors (Lipinski definition) is 1. The maximum absolute atomic E-state index is 12.7. The number of urea groups is 1. The van der Waals surface area contributed by atoms with Crippen molar-refractivity contribution in [2.24, 2.45) is 5.41 Å². The molecule has 1 aliphatic heterocycles. The van der Waals surface area contributed by atoms with Crippen molar-refractivity contribution >= 4 is 6.03 Å². The van der Waals surface area contributed by atoms with Gasteiger partial charge in [-0.05, 0) is 39.0 Å². The molecule has 7 nitrogen and oxygen atoms in total. The molecule has 1 saturated carbocycles. The van der Waals surface area contributed by atoms with Gasteiger partial charge in [0.1, 0.15) is 12.7 Å². The van der Waals surface area contributed by atoms with Gasteiger partial charge in [0.2, 0.25) is 0 Å². The Morgan fingerprint density at radius 3 is 2.56 bits per heavy atom. The molecule has 140 valence electrons. The second-order valence-corrected chi connectivity index (χ2v) is 7.22. The first kappa shape index (κ1) is 18.2. The second-order valence-electron chi connectivity index (χ2n) is 7.22. The lowest BCUT2D eigenvalue weighted by molar-refractivity contribution is -0.134. The largest absolute Gasteiger partial charge is 0.378 e. The summed E-state index contributed by atoms with van der Waals surface area (Å²) in [4.78, 5) is 18.7. The third-order valence-electron chi connectivity index (χ3n) is 6.33. The van der Waals surface area contributed by atoms with E-state index in [0.717, 1.165) is 51.8 Å². The average molecular weight is 349 g/mol. The molecule has 2 heterocycles. The predicted octanol–water partition coefficient (Wildman–Crippen LogP) is 2.61. The number of carbonyl (C=O) groups excluding carboxylic acids is 1. The highest BCUT2D eigenvalue weighted by Crippen LogP contribution is 2.49. The van der Waals surface area contributed by atoms with E-state index in [2.05, 4.69) is 29.2 Å². The zero-order chi connectivity index (χ0) is 17.9. The van der Waals surface area contributed by atoms with Crippen LogP contribution < -0.4 is 5.32 Å². The van der Waals surface area contributed by atoms with Crippen LogP contribution in [0.4, 0.5) is 4.79 Å². The topological polar surface area (TPSA) is 72.3 Å². The van der Waals surface area contributed by atoms with Gasteiger partial charge < -0.3 is 15.0 Å². The van der Waals surface area contributed by atoms with Crippen molar-refractivity contribution in [1.29, 1.82) is 0 Å². The summed E-state index contributed by atoms with van der Waals surface area (Å²) in [5, 5.41) is 7.51. The van der Waals surface area contributed by atoms with Gasteiger partial charge in [0, 0.05) is 31.2 Å². The third-order valence-corrected chi connectivity index (χ3v) is 6.33. The molecule has 2 aliphatic rings. The van der Waals surface area contributed by atoms with E-state index in [0.29, 0.717) is 6.04 Å². The highest BCUT2D eigenvalue weighted by molar-refractivity contribution is 5.75. The molecule has 0 radical (unpaired) electrons. The first-order valence-electron chi connectivity index (χ1n) is 9.65. The van der Waals surface area contributed by atoms with E-state index in [-0.39, 0.29) is 23.6 Å². The van der Waals surface area contributed by atoms with Crippen LogP contribution >= 0.6 is 0 Å². The van der Waals surface area contributed by atoms with Gasteiger partial charge in [-0.1, -0.05) is 13.8 Å². The number of carbonyl (C=O) groups is 1. The van der Waals surface area contributed by atoms with Crippen LogP contribution in [0, 0.1) is 5.41 Å². The van der Waals surface area contributed by atoms with E-state index < -0.39 is 0 Å². The highest BCUT2D eigenvalue weighted by atomic mass is 16.5. The van der Waals surface area contributed by atoms with Crippen LogP contribution in [0.25, 0.3) is 0 Å². The van der Waals surface area contributed by atoms with E-state index in [1.54, 1.807) is 12.7 Å². The minimum absolute atomic E-state index is 0.0725. The van der Waals surface area contributed by atoms with Crippen molar-refractivity contribution in [2.45, 2.75) is 71.1 Å². The van der Waals surface area contributed by atoms with Crippen molar-refractivity contribution in [2.75, 3.05) is 19.7 Å². The molecule has 1 saturated heterocycles. The van der Waals surface area contributed by atoms with Crippen molar-refractivity contribution < 1.29 is 9.53 Å². The number of hydrogen-bond acceptors (Lipinski definition) is 4. The molecule has 1 N–H and O–H groups in total. The van der Waals surface area contributed by atoms with Gasteiger partial charge in [0.05, 0.1) is 12.1 Å². The number of nitrogens with zero attached hydrogens (tertiary/aromatic N) is 4. The lowest BCUT2D eigenvalue weighted by Crippen LogP contribution is -2.65. The van der Waals surface area contributed by atoms with Crippen molar-refractivity contribution in [3.63, 3.8) is 0 Å².